The summed E-state index contributed by atoms with van der Waals surface area (Å²) in [6.07, 6.45) is 12.2. The van der Waals surface area contributed by atoms with Crippen molar-refractivity contribution in [3.63, 3.8) is 0 Å². The third-order valence-electron chi connectivity index (χ3n) is 6.96. The number of hydrogen-bond donors (Lipinski definition) is 1. The molecule has 5 atom stereocenters. The van der Waals surface area contributed by atoms with Crippen molar-refractivity contribution in [2.45, 2.75) is 57.0 Å². The van der Waals surface area contributed by atoms with Crippen LogP contribution in [0, 0.1) is 35.7 Å². The molecule has 0 aliphatic heterocycles. The van der Waals surface area contributed by atoms with Crippen LogP contribution < -0.4 is 0 Å². The molecule has 0 aromatic heterocycles. The number of fused-ring (bicyclic) bond motifs is 5. The summed E-state index contributed by atoms with van der Waals surface area (Å²) in [7, 11) is 0. The van der Waals surface area contributed by atoms with Crippen LogP contribution in [-0.4, -0.2) is 10.7 Å². The first kappa shape index (κ1) is 13.4. The van der Waals surface area contributed by atoms with Gasteiger partial charge in [-0.1, -0.05) is 31.0 Å². The number of aliphatic hydroxyl groups is 1. The van der Waals surface area contributed by atoms with Crippen molar-refractivity contribution in [2.75, 3.05) is 0 Å². The lowest BCUT2D eigenvalue weighted by Gasteiger charge is -2.52. The highest BCUT2D eigenvalue weighted by atomic mass is 16.3. The van der Waals surface area contributed by atoms with E-state index in [0.717, 1.165) is 25.7 Å². The summed E-state index contributed by atoms with van der Waals surface area (Å²) in [6.45, 7) is 2.25. The topological polar surface area (TPSA) is 20.2 Å². The first-order valence-electron chi connectivity index (χ1n) is 8.28. The van der Waals surface area contributed by atoms with Crippen molar-refractivity contribution in [3.8, 4) is 12.3 Å². The Kier molecular flexibility index (Phi) is 2.79. The summed E-state index contributed by atoms with van der Waals surface area (Å²) in [4.78, 5) is 0. The van der Waals surface area contributed by atoms with Gasteiger partial charge < -0.3 is 5.11 Å². The maximum atomic E-state index is 10.9. The van der Waals surface area contributed by atoms with Gasteiger partial charge in [-0.2, -0.15) is 0 Å². The second-order valence-electron chi connectivity index (χ2n) is 7.54. The van der Waals surface area contributed by atoms with E-state index in [0.29, 0.717) is 17.8 Å². The Morgan fingerprint density at radius 1 is 1.33 bits per heavy atom. The van der Waals surface area contributed by atoms with Crippen LogP contribution in [0.4, 0.5) is 0 Å². The zero-order valence-electron chi connectivity index (χ0n) is 12.7. The van der Waals surface area contributed by atoms with Crippen LogP contribution in [0.3, 0.4) is 0 Å². The summed E-state index contributed by atoms with van der Waals surface area (Å²) in [5.41, 5.74) is 2.07. The van der Waals surface area contributed by atoms with Crippen molar-refractivity contribution in [1.82, 2.24) is 0 Å². The molecule has 1 aromatic rings. The van der Waals surface area contributed by atoms with Gasteiger partial charge in [0.05, 0.1) is 0 Å². The molecule has 0 bridgehead atoms. The molecule has 0 heterocycles. The minimum Gasteiger partial charge on any atom is -0.377 e. The molecule has 21 heavy (non-hydrogen) atoms. The Morgan fingerprint density at radius 2 is 2.19 bits per heavy atom. The van der Waals surface area contributed by atoms with E-state index in [2.05, 4.69) is 37.1 Å². The fraction of sp³-hybridized carbons (Fsp3) is 0.600. The van der Waals surface area contributed by atoms with Crippen molar-refractivity contribution in [1.29, 1.82) is 0 Å². The Morgan fingerprint density at radius 3 is 3.00 bits per heavy atom. The molecule has 3 aliphatic carbocycles. The normalized spacial score (nSPS) is 44.3. The Bertz CT molecular complexity index is 613. The second-order valence-corrected chi connectivity index (χ2v) is 7.54. The summed E-state index contributed by atoms with van der Waals surface area (Å²) in [6, 6.07) is 9.73. The highest BCUT2D eigenvalue weighted by Crippen LogP contribution is 2.63. The molecular formula is C20H23O. The van der Waals surface area contributed by atoms with Gasteiger partial charge in [0, 0.05) is 5.41 Å². The summed E-state index contributed by atoms with van der Waals surface area (Å²) in [5.74, 6) is 4.69. The molecule has 2 fully saturated rings. The van der Waals surface area contributed by atoms with Crippen LogP contribution >= 0.6 is 0 Å². The lowest BCUT2D eigenvalue weighted by Crippen LogP contribution is -2.50. The van der Waals surface area contributed by atoms with Crippen molar-refractivity contribution < 1.29 is 5.11 Å². The van der Waals surface area contributed by atoms with Gasteiger partial charge in [0.1, 0.15) is 5.60 Å². The molecule has 1 aromatic carbocycles. The van der Waals surface area contributed by atoms with Crippen LogP contribution in [0.2, 0.25) is 0 Å². The van der Waals surface area contributed by atoms with E-state index in [1.54, 1.807) is 5.56 Å². The quantitative estimate of drug-likeness (QED) is 0.718. The summed E-state index contributed by atoms with van der Waals surface area (Å²) in [5, 5.41) is 10.9. The molecule has 0 amide bonds. The van der Waals surface area contributed by atoms with Gasteiger partial charge in [-0.15, -0.1) is 6.42 Å². The predicted octanol–water partition coefficient (Wildman–Crippen LogP) is 3.71. The number of rotatable bonds is 0. The standard InChI is InChI=1S/C20H23O/c1-3-20(21)13-11-18-17-9-8-14-6-4-5-7-15(14)16(17)10-12-19(18,20)2/h1,5-7,16-18,21H,8-13H2,2H3/t16-,17-,18+,19+,20+/m1/s1. The first-order valence-corrected chi connectivity index (χ1v) is 8.28. The largest absolute Gasteiger partial charge is 0.377 e. The van der Waals surface area contributed by atoms with Crippen LogP contribution in [0.5, 0.6) is 0 Å². The lowest BCUT2D eigenvalue weighted by molar-refractivity contribution is -0.0646. The summed E-state index contributed by atoms with van der Waals surface area (Å²) >= 11 is 0. The van der Waals surface area contributed by atoms with Gasteiger partial charge >= 0.3 is 0 Å². The Hall–Kier alpha value is -1.26. The third-order valence-corrected chi connectivity index (χ3v) is 6.96. The monoisotopic (exact) mass is 279 g/mol. The van der Waals surface area contributed by atoms with Gasteiger partial charge in [0.25, 0.3) is 0 Å². The zero-order valence-corrected chi connectivity index (χ0v) is 12.7. The smallest absolute Gasteiger partial charge is 0.130 e. The number of hydrogen-bond acceptors (Lipinski definition) is 1. The maximum absolute atomic E-state index is 10.9. The van der Waals surface area contributed by atoms with Gasteiger partial charge in [-0.05, 0) is 73.5 Å². The molecule has 0 saturated heterocycles. The van der Waals surface area contributed by atoms with E-state index in [1.807, 2.05) is 0 Å². The minimum absolute atomic E-state index is 0.0820. The van der Waals surface area contributed by atoms with Gasteiger partial charge in [0.2, 0.25) is 0 Å². The molecule has 1 N–H and O–H groups in total. The number of terminal acetylenes is 1. The lowest BCUT2D eigenvalue weighted by atomic mass is 9.53. The maximum Gasteiger partial charge on any atom is 0.130 e. The SMILES string of the molecule is C#C[C@]1(O)CC[C@H]2[C@@H]3CCc4c[c]ccc4[C@H]3CC[C@@]21C. The van der Waals surface area contributed by atoms with E-state index >= 15 is 0 Å². The average molecular weight is 279 g/mol. The molecule has 1 radical (unpaired) electrons. The van der Waals surface area contributed by atoms with Gasteiger partial charge in [0.15, 0.2) is 0 Å². The van der Waals surface area contributed by atoms with E-state index < -0.39 is 5.60 Å². The van der Waals surface area contributed by atoms with Crippen LogP contribution in [0.1, 0.15) is 56.1 Å². The van der Waals surface area contributed by atoms with E-state index in [-0.39, 0.29) is 5.41 Å². The Balaban J connectivity index is 1.73. The molecule has 4 rings (SSSR count). The number of aryl methyl sites for hydroxylation is 1. The fourth-order valence-electron chi connectivity index (χ4n) is 5.71. The highest BCUT2D eigenvalue weighted by molar-refractivity contribution is 5.35. The molecule has 0 spiro atoms. The van der Waals surface area contributed by atoms with Crippen LogP contribution in [-0.2, 0) is 6.42 Å². The Labute approximate surface area is 127 Å². The molecular weight excluding hydrogens is 256 g/mol. The van der Waals surface area contributed by atoms with Gasteiger partial charge in [-0.3, -0.25) is 0 Å². The minimum atomic E-state index is -0.882. The molecule has 109 valence electrons. The molecule has 3 aliphatic rings. The van der Waals surface area contributed by atoms with E-state index in [9.17, 15) is 5.11 Å². The van der Waals surface area contributed by atoms with Crippen LogP contribution in [0.15, 0.2) is 18.2 Å². The molecule has 1 heteroatoms. The fourth-order valence-corrected chi connectivity index (χ4v) is 5.71. The van der Waals surface area contributed by atoms with Crippen molar-refractivity contribution >= 4 is 0 Å². The molecule has 1 nitrogen and oxygen atoms in total. The predicted molar refractivity (Wildman–Crippen MR) is 83.7 cm³/mol. The summed E-state index contributed by atoms with van der Waals surface area (Å²) < 4.78 is 0. The zero-order chi connectivity index (χ0) is 14.7. The molecule has 0 unspecified atom stereocenters. The average Bonchev–Trinajstić information content (AvgIpc) is 2.79. The van der Waals surface area contributed by atoms with Crippen molar-refractivity contribution in [2.24, 2.45) is 17.3 Å². The second kappa shape index (κ2) is 4.37. The molecule has 2 saturated carbocycles. The van der Waals surface area contributed by atoms with Crippen LogP contribution in [0.25, 0.3) is 0 Å². The number of benzene rings is 1. The highest BCUT2D eigenvalue weighted by Gasteiger charge is 2.60. The van der Waals surface area contributed by atoms with E-state index in [4.69, 9.17) is 6.42 Å². The first-order chi connectivity index (χ1) is 10.1. The van der Waals surface area contributed by atoms with Gasteiger partial charge in [-0.25, -0.2) is 0 Å². The van der Waals surface area contributed by atoms with E-state index in [1.165, 1.54) is 18.4 Å². The third kappa shape index (κ3) is 1.63. The van der Waals surface area contributed by atoms with Crippen molar-refractivity contribution in [3.05, 3.63) is 35.4 Å².